The zero-order chi connectivity index (χ0) is 14.8. The molecule has 1 aromatic heterocycles. The molecule has 1 amide bonds. The highest BCUT2D eigenvalue weighted by atomic mass is 32.1. The van der Waals surface area contributed by atoms with Crippen molar-refractivity contribution in [1.29, 1.82) is 0 Å². The van der Waals surface area contributed by atoms with Gasteiger partial charge in [-0.25, -0.2) is 0 Å². The van der Waals surface area contributed by atoms with Crippen molar-refractivity contribution < 1.29 is 4.79 Å². The van der Waals surface area contributed by atoms with Crippen LogP contribution in [0.3, 0.4) is 0 Å². The number of hydrogen-bond acceptors (Lipinski definition) is 3. The summed E-state index contributed by atoms with van der Waals surface area (Å²) >= 11 is 6.85. The van der Waals surface area contributed by atoms with E-state index in [0.29, 0.717) is 10.9 Å². The van der Waals surface area contributed by atoms with Gasteiger partial charge >= 0.3 is 0 Å². The van der Waals surface area contributed by atoms with Crippen molar-refractivity contribution in [3.63, 3.8) is 0 Å². The first-order valence-corrected chi connectivity index (χ1v) is 8.40. The average molecular weight is 310 g/mol. The van der Waals surface area contributed by atoms with E-state index in [9.17, 15) is 4.79 Å². The molecular weight excluding hydrogens is 288 g/mol. The molecule has 3 N–H and O–H groups in total. The van der Waals surface area contributed by atoms with E-state index in [0.717, 1.165) is 25.7 Å². The number of thiocarbonyl (C=S) groups is 1. The molecule has 1 atom stereocenters. The molecule has 20 heavy (non-hydrogen) atoms. The molecule has 0 spiro atoms. The van der Waals surface area contributed by atoms with Gasteiger partial charge in [-0.15, -0.1) is 11.3 Å². The molecule has 0 radical (unpaired) electrons. The lowest BCUT2D eigenvalue weighted by atomic mass is 9.84. The van der Waals surface area contributed by atoms with Crippen molar-refractivity contribution in [2.24, 2.45) is 17.1 Å². The molecule has 5 heteroatoms. The summed E-state index contributed by atoms with van der Waals surface area (Å²) in [5, 5.41) is 5.22. The first-order valence-electron chi connectivity index (χ1n) is 7.11. The largest absolute Gasteiger partial charge is 0.392 e. The van der Waals surface area contributed by atoms with Crippen molar-refractivity contribution in [2.75, 3.05) is 0 Å². The smallest absolute Gasteiger partial charge is 0.233 e. The molecule has 110 valence electrons. The fourth-order valence-corrected chi connectivity index (χ4v) is 4.12. The quantitative estimate of drug-likeness (QED) is 0.820. The summed E-state index contributed by atoms with van der Waals surface area (Å²) in [6.07, 6.45) is 3.61. The summed E-state index contributed by atoms with van der Waals surface area (Å²) in [4.78, 5) is 14.3. The Morgan fingerprint density at radius 3 is 2.55 bits per heavy atom. The number of carbonyl (C=O) groups is 1. The summed E-state index contributed by atoms with van der Waals surface area (Å²) in [5.41, 5.74) is 5.25. The van der Waals surface area contributed by atoms with Gasteiger partial charge in [0.2, 0.25) is 5.91 Å². The highest BCUT2D eigenvalue weighted by Crippen LogP contribution is 2.40. The Hall–Kier alpha value is -0.940. The molecule has 2 rings (SSSR count). The van der Waals surface area contributed by atoms with E-state index >= 15 is 0 Å². The minimum absolute atomic E-state index is 0.00889. The fraction of sp³-hybridized carbons (Fsp3) is 0.600. The van der Waals surface area contributed by atoms with Crippen LogP contribution in [0.5, 0.6) is 0 Å². The maximum Gasteiger partial charge on any atom is 0.233 e. The molecule has 1 unspecified atom stereocenters. The molecule has 3 nitrogen and oxygen atoms in total. The van der Waals surface area contributed by atoms with Crippen LogP contribution in [0, 0.1) is 11.3 Å². The molecule has 0 aliphatic heterocycles. The van der Waals surface area contributed by atoms with Gasteiger partial charge in [0.15, 0.2) is 0 Å². The van der Waals surface area contributed by atoms with Crippen LogP contribution in [-0.4, -0.2) is 10.9 Å². The summed E-state index contributed by atoms with van der Waals surface area (Å²) in [7, 11) is 0. The van der Waals surface area contributed by atoms with Gasteiger partial charge in [-0.3, -0.25) is 4.79 Å². The maximum absolute atomic E-state index is 12.7. The molecule has 0 aromatic carbocycles. The Morgan fingerprint density at radius 1 is 1.45 bits per heavy atom. The molecule has 1 aromatic rings. The second-order valence-corrected chi connectivity index (χ2v) is 7.28. The first kappa shape index (κ1) is 15.4. The van der Waals surface area contributed by atoms with Crippen LogP contribution in [-0.2, 0) is 4.79 Å². The standard InChI is InChI=1S/C15H22N2OS2/c1-10(2)12(11-6-5-9-20-11)17-14(18)15(13(16)19)7-3-4-8-15/h5-6,9-10,12H,3-4,7-8H2,1-2H3,(H2,16,19)(H,17,18). The lowest BCUT2D eigenvalue weighted by Crippen LogP contribution is -2.48. The number of hydrogen-bond donors (Lipinski definition) is 2. The number of carbonyl (C=O) groups excluding carboxylic acids is 1. The van der Waals surface area contributed by atoms with Crippen LogP contribution in [0.1, 0.15) is 50.4 Å². The van der Waals surface area contributed by atoms with Gasteiger partial charge in [-0.1, -0.05) is 45.0 Å². The number of rotatable bonds is 5. The van der Waals surface area contributed by atoms with Gasteiger partial charge in [0.05, 0.1) is 16.4 Å². The molecule has 0 bridgehead atoms. The second kappa shape index (κ2) is 6.22. The minimum atomic E-state index is -0.625. The Kier molecular flexibility index (Phi) is 4.81. The Labute approximate surface area is 129 Å². The van der Waals surface area contributed by atoms with Crippen LogP contribution < -0.4 is 11.1 Å². The summed E-state index contributed by atoms with van der Waals surface area (Å²) in [6.45, 7) is 4.24. The van der Waals surface area contributed by atoms with E-state index in [2.05, 4.69) is 25.2 Å². The average Bonchev–Trinajstić information content (AvgIpc) is 3.06. The Bertz CT molecular complexity index is 476. The molecule has 1 saturated carbocycles. The molecule has 1 heterocycles. The summed E-state index contributed by atoms with van der Waals surface area (Å²) < 4.78 is 0. The van der Waals surface area contributed by atoms with E-state index in [-0.39, 0.29) is 11.9 Å². The number of thiophene rings is 1. The number of amides is 1. The van der Waals surface area contributed by atoms with Gasteiger partial charge in [0, 0.05) is 4.88 Å². The lowest BCUT2D eigenvalue weighted by molar-refractivity contribution is -0.128. The van der Waals surface area contributed by atoms with E-state index < -0.39 is 5.41 Å². The van der Waals surface area contributed by atoms with Crippen molar-refractivity contribution >= 4 is 34.5 Å². The van der Waals surface area contributed by atoms with Gasteiger partial charge in [-0.05, 0) is 30.2 Å². The van der Waals surface area contributed by atoms with E-state index in [1.165, 1.54) is 4.88 Å². The topological polar surface area (TPSA) is 55.1 Å². The van der Waals surface area contributed by atoms with Crippen molar-refractivity contribution in [2.45, 2.75) is 45.6 Å². The lowest BCUT2D eigenvalue weighted by Gasteiger charge is -2.30. The minimum Gasteiger partial charge on any atom is -0.392 e. The molecule has 1 aliphatic rings. The Balaban J connectivity index is 2.18. The maximum atomic E-state index is 12.7. The number of nitrogens with one attached hydrogen (secondary N) is 1. The van der Waals surface area contributed by atoms with Gasteiger partial charge < -0.3 is 11.1 Å². The van der Waals surface area contributed by atoms with E-state index in [4.69, 9.17) is 18.0 Å². The van der Waals surface area contributed by atoms with E-state index in [1.54, 1.807) is 11.3 Å². The zero-order valence-corrected chi connectivity index (χ0v) is 13.7. The monoisotopic (exact) mass is 310 g/mol. The van der Waals surface area contributed by atoms with Crippen LogP contribution in [0.15, 0.2) is 17.5 Å². The molecular formula is C15H22N2OS2. The van der Waals surface area contributed by atoms with Crippen LogP contribution in [0.25, 0.3) is 0 Å². The van der Waals surface area contributed by atoms with Crippen molar-refractivity contribution in [3.8, 4) is 0 Å². The van der Waals surface area contributed by atoms with Crippen LogP contribution in [0.2, 0.25) is 0 Å². The normalized spacial score (nSPS) is 18.9. The van der Waals surface area contributed by atoms with Crippen LogP contribution >= 0.6 is 23.6 Å². The molecule has 1 aliphatic carbocycles. The molecule has 1 fully saturated rings. The highest BCUT2D eigenvalue weighted by molar-refractivity contribution is 7.80. The Morgan fingerprint density at radius 2 is 2.10 bits per heavy atom. The highest BCUT2D eigenvalue weighted by Gasteiger charge is 2.44. The summed E-state index contributed by atoms with van der Waals surface area (Å²) in [6, 6.07) is 4.12. The summed E-state index contributed by atoms with van der Waals surface area (Å²) in [5.74, 6) is 0.344. The number of nitrogens with two attached hydrogens (primary N) is 1. The third kappa shape index (κ3) is 2.88. The van der Waals surface area contributed by atoms with Crippen molar-refractivity contribution in [1.82, 2.24) is 5.32 Å². The third-order valence-corrected chi connectivity index (χ3v) is 5.51. The predicted molar refractivity (Wildman–Crippen MR) is 87.7 cm³/mol. The van der Waals surface area contributed by atoms with Gasteiger partial charge in [-0.2, -0.15) is 0 Å². The fourth-order valence-electron chi connectivity index (χ4n) is 2.88. The van der Waals surface area contributed by atoms with Gasteiger partial charge in [0.1, 0.15) is 0 Å². The van der Waals surface area contributed by atoms with Crippen molar-refractivity contribution in [3.05, 3.63) is 22.4 Å². The van der Waals surface area contributed by atoms with Crippen LogP contribution in [0.4, 0.5) is 0 Å². The second-order valence-electron chi connectivity index (χ2n) is 5.86. The van der Waals surface area contributed by atoms with Gasteiger partial charge in [0.25, 0.3) is 0 Å². The van der Waals surface area contributed by atoms with E-state index in [1.807, 2.05) is 11.4 Å². The molecule has 0 saturated heterocycles. The third-order valence-electron chi connectivity index (χ3n) is 4.17. The SMILES string of the molecule is CC(C)C(NC(=O)C1(C(N)=S)CCCC1)c1cccs1. The predicted octanol–water partition coefficient (Wildman–Crippen LogP) is 3.41. The zero-order valence-electron chi connectivity index (χ0n) is 12.0. The first-order chi connectivity index (χ1) is 9.47.